The molecule has 4 nitrogen and oxygen atoms in total. The van der Waals surface area contributed by atoms with E-state index in [-0.39, 0.29) is 11.6 Å². The fourth-order valence-corrected chi connectivity index (χ4v) is 2.02. The number of rotatable bonds is 3. The maximum Gasteiger partial charge on any atom is 0.181 e. The van der Waals surface area contributed by atoms with Crippen molar-refractivity contribution < 1.29 is 4.42 Å². The highest BCUT2D eigenvalue weighted by Gasteiger charge is 2.25. The van der Waals surface area contributed by atoms with Crippen LogP contribution in [-0.4, -0.2) is 17.6 Å². The van der Waals surface area contributed by atoms with Gasteiger partial charge in [-0.15, -0.1) is 0 Å². The van der Waals surface area contributed by atoms with Crippen LogP contribution in [0.5, 0.6) is 0 Å². The van der Waals surface area contributed by atoms with E-state index in [2.05, 4.69) is 10.3 Å². The molecule has 4 heteroatoms. The van der Waals surface area contributed by atoms with Gasteiger partial charge in [-0.2, -0.15) is 0 Å². The minimum absolute atomic E-state index is 0.0852. The van der Waals surface area contributed by atoms with Crippen molar-refractivity contribution in [2.45, 2.75) is 25.4 Å². The Bertz CT molecular complexity index is 484. The predicted octanol–water partition coefficient (Wildman–Crippen LogP) is 1.83. The number of nitrogens with zero attached hydrogens (tertiary/aromatic N) is 1. The molecule has 0 aliphatic rings. The molecule has 16 heavy (non-hydrogen) atoms. The van der Waals surface area contributed by atoms with Gasteiger partial charge < -0.3 is 15.5 Å². The Morgan fingerprint density at radius 3 is 2.81 bits per heavy atom. The molecule has 1 aromatic heterocycles. The molecule has 2 rings (SSSR count). The van der Waals surface area contributed by atoms with Crippen molar-refractivity contribution in [3.63, 3.8) is 0 Å². The lowest BCUT2D eigenvalue weighted by molar-refractivity contribution is 0.370. The van der Waals surface area contributed by atoms with E-state index >= 15 is 0 Å². The van der Waals surface area contributed by atoms with Crippen molar-refractivity contribution in [1.82, 2.24) is 10.3 Å². The standard InChI is InChI=1S/C12H17N3O/c1-12(2,13)11(14-3)8-4-5-9-10(6-8)16-7-15-9/h4-7,11,14H,13H2,1-3H3. The minimum Gasteiger partial charge on any atom is -0.443 e. The Balaban J connectivity index is 2.45. The molecule has 0 aliphatic carbocycles. The van der Waals surface area contributed by atoms with E-state index in [1.165, 1.54) is 6.39 Å². The fraction of sp³-hybridized carbons (Fsp3) is 0.417. The normalized spacial score (nSPS) is 14.2. The van der Waals surface area contributed by atoms with Crippen molar-refractivity contribution in [2.75, 3.05) is 7.05 Å². The molecule has 0 spiro atoms. The third kappa shape index (κ3) is 1.94. The monoisotopic (exact) mass is 219 g/mol. The van der Waals surface area contributed by atoms with E-state index in [9.17, 15) is 0 Å². The van der Waals surface area contributed by atoms with Crippen LogP contribution in [0.25, 0.3) is 11.1 Å². The molecule has 2 aromatic rings. The van der Waals surface area contributed by atoms with Crippen LogP contribution in [0.1, 0.15) is 25.5 Å². The molecular weight excluding hydrogens is 202 g/mol. The van der Waals surface area contributed by atoms with Crippen molar-refractivity contribution in [1.29, 1.82) is 0 Å². The first-order valence-electron chi connectivity index (χ1n) is 5.31. The zero-order chi connectivity index (χ0) is 11.8. The molecule has 3 N–H and O–H groups in total. The summed E-state index contributed by atoms with van der Waals surface area (Å²) in [5, 5.41) is 3.23. The van der Waals surface area contributed by atoms with Crippen molar-refractivity contribution in [2.24, 2.45) is 5.73 Å². The van der Waals surface area contributed by atoms with E-state index in [1.807, 2.05) is 39.1 Å². The molecule has 1 heterocycles. The highest BCUT2D eigenvalue weighted by atomic mass is 16.3. The first-order valence-corrected chi connectivity index (χ1v) is 5.31. The number of nitrogens with one attached hydrogen (secondary N) is 1. The highest BCUT2D eigenvalue weighted by Crippen LogP contribution is 2.25. The molecule has 1 unspecified atom stereocenters. The van der Waals surface area contributed by atoms with Gasteiger partial charge in [0.15, 0.2) is 12.0 Å². The van der Waals surface area contributed by atoms with Crippen LogP contribution >= 0.6 is 0 Å². The summed E-state index contributed by atoms with van der Waals surface area (Å²) in [7, 11) is 1.91. The van der Waals surface area contributed by atoms with E-state index in [0.717, 1.165) is 16.7 Å². The molecule has 0 saturated carbocycles. The summed E-state index contributed by atoms with van der Waals surface area (Å²) in [6, 6.07) is 6.05. The zero-order valence-electron chi connectivity index (χ0n) is 9.82. The number of hydrogen-bond acceptors (Lipinski definition) is 4. The third-order valence-corrected chi connectivity index (χ3v) is 2.72. The number of hydrogen-bond donors (Lipinski definition) is 2. The van der Waals surface area contributed by atoms with Crippen molar-refractivity contribution in [3.05, 3.63) is 30.2 Å². The predicted molar refractivity (Wildman–Crippen MR) is 64.1 cm³/mol. The van der Waals surface area contributed by atoms with Gasteiger partial charge >= 0.3 is 0 Å². The second-order valence-corrected chi connectivity index (χ2v) is 4.62. The molecule has 0 amide bonds. The largest absolute Gasteiger partial charge is 0.443 e. The summed E-state index contributed by atoms with van der Waals surface area (Å²) in [4.78, 5) is 4.09. The Labute approximate surface area is 94.8 Å². The summed E-state index contributed by atoms with van der Waals surface area (Å²) in [5.74, 6) is 0. The molecule has 1 atom stereocenters. The molecule has 0 saturated heterocycles. The Morgan fingerprint density at radius 1 is 1.44 bits per heavy atom. The summed E-state index contributed by atoms with van der Waals surface area (Å²) in [6.45, 7) is 4.00. The number of oxazole rings is 1. The zero-order valence-corrected chi connectivity index (χ0v) is 9.82. The van der Waals surface area contributed by atoms with Gasteiger partial charge in [0.05, 0.1) is 0 Å². The molecule has 1 aromatic carbocycles. The Morgan fingerprint density at radius 2 is 2.19 bits per heavy atom. The van der Waals surface area contributed by atoms with Gasteiger partial charge in [-0.3, -0.25) is 0 Å². The van der Waals surface area contributed by atoms with Crippen LogP contribution in [0, 0.1) is 0 Å². The summed E-state index contributed by atoms with van der Waals surface area (Å²) in [5.41, 5.74) is 8.57. The van der Waals surface area contributed by atoms with E-state index < -0.39 is 0 Å². The lowest BCUT2D eigenvalue weighted by atomic mass is 9.89. The van der Waals surface area contributed by atoms with E-state index in [4.69, 9.17) is 10.2 Å². The molecule has 0 fully saturated rings. The van der Waals surface area contributed by atoms with Crippen LogP contribution in [0.15, 0.2) is 29.0 Å². The van der Waals surface area contributed by atoms with Crippen LogP contribution in [0.3, 0.4) is 0 Å². The highest BCUT2D eigenvalue weighted by molar-refractivity contribution is 5.73. The SMILES string of the molecule is CNC(c1ccc2ncoc2c1)C(C)(C)N. The smallest absolute Gasteiger partial charge is 0.181 e. The van der Waals surface area contributed by atoms with Gasteiger partial charge in [0.1, 0.15) is 5.52 Å². The van der Waals surface area contributed by atoms with Crippen LogP contribution < -0.4 is 11.1 Å². The molecular formula is C12H17N3O. The maximum absolute atomic E-state index is 6.13. The first-order chi connectivity index (χ1) is 7.52. The third-order valence-electron chi connectivity index (χ3n) is 2.72. The summed E-state index contributed by atoms with van der Waals surface area (Å²) in [6.07, 6.45) is 1.45. The topological polar surface area (TPSA) is 64.1 Å². The van der Waals surface area contributed by atoms with Gasteiger partial charge in [-0.25, -0.2) is 4.98 Å². The van der Waals surface area contributed by atoms with Gasteiger partial charge in [-0.1, -0.05) is 6.07 Å². The van der Waals surface area contributed by atoms with Gasteiger partial charge in [-0.05, 0) is 38.6 Å². The second kappa shape index (κ2) is 3.88. The number of fused-ring (bicyclic) bond motifs is 1. The average molecular weight is 219 g/mol. The number of aromatic nitrogens is 1. The number of nitrogens with two attached hydrogens (primary N) is 1. The van der Waals surface area contributed by atoms with Crippen molar-refractivity contribution >= 4 is 11.1 Å². The first kappa shape index (κ1) is 11.1. The van der Waals surface area contributed by atoms with Gasteiger partial charge in [0.25, 0.3) is 0 Å². The van der Waals surface area contributed by atoms with E-state index in [0.29, 0.717) is 0 Å². The minimum atomic E-state index is -0.331. The maximum atomic E-state index is 6.13. The van der Waals surface area contributed by atoms with Crippen molar-refractivity contribution in [3.8, 4) is 0 Å². The average Bonchev–Trinajstić information content (AvgIpc) is 2.63. The lowest BCUT2D eigenvalue weighted by Gasteiger charge is -2.30. The lowest BCUT2D eigenvalue weighted by Crippen LogP contribution is -2.45. The summed E-state index contributed by atoms with van der Waals surface area (Å²) < 4.78 is 5.29. The van der Waals surface area contributed by atoms with Crippen LogP contribution in [0.4, 0.5) is 0 Å². The molecule has 0 bridgehead atoms. The quantitative estimate of drug-likeness (QED) is 0.826. The van der Waals surface area contributed by atoms with Gasteiger partial charge in [0.2, 0.25) is 0 Å². The Hall–Kier alpha value is -1.39. The van der Waals surface area contributed by atoms with Gasteiger partial charge in [0, 0.05) is 11.6 Å². The van der Waals surface area contributed by atoms with E-state index in [1.54, 1.807) is 0 Å². The van der Waals surface area contributed by atoms with Crippen LogP contribution in [0.2, 0.25) is 0 Å². The van der Waals surface area contributed by atoms with Crippen LogP contribution in [-0.2, 0) is 0 Å². The molecule has 0 aliphatic heterocycles. The number of likely N-dealkylation sites (N-methyl/N-ethyl adjacent to an activating group) is 1. The summed E-state index contributed by atoms with van der Waals surface area (Å²) >= 11 is 0. The number of benzene rings is 1. The molecule has 86 valence electrons. The second-order valence-electron chi connectivity index (χ2n) is 4.62. The Kier molecular flexibility index (Phi) is 2.69. The molecule has 0 radical (unpaired) electrons. The fourth-order valence-electron chi connectivity index (χ4n) is 2.02.